The van der Waals surface area contributed by atoms with Crippen molar-refractivity contribution < 1.29 is 9.18 Å². The quantitative estimate of drug-likeness (QED) is 0.866. The van der Waals surface area contributed by atoms with Crippen LogP contribution < -0.4 is 5.32 Å². The summed E-state index contributed by atoms with van der Waals surface area (Å²) in [6, 6.07) is 13.8. The molecule has 1 fully saturated rings. The summed E-state index contributed by atoms with van der Waals surface area (Å²) in [6.07, 6.45) is 0. The molecule has 2 aromatic rings. The molecule has 6 heteroatoms. The van der Waals surface area contributed by atoms with Crippen molar-refractivity contribution in [3.63, 3.8) is 0 Å². The minimum absolute atomic E-state index is 0.179. The number of carbonyl (C=O) groups excluding carboxylic acids is 1. The van der Waals surface area contributed by atoms with Crippen molar-refractivity contribution in [2.24, 2.45) is 0 Å². The Morgan fingerprint density at radius 3 is 2.42 bits per heavy atom. The van der Waals surface area contributed by atoms with Gasteiger partial charge in [-0.3, -0.25) is 14.6 Å². The SMILES string of the molecule is C[C@@H](C(=O)Nc1ccccc1F)N1CCN(Cc2ccc(Cl)cc2)CC1. The number of nitrogens with one attached hydrogen (secondary N) is 1. The second-order valence-electron chi connectivity index (χ2n) is 6.58. The lowest BCUT2D eigenvalue weighted by atomic mass is 10.1. The van der Waals surface area contributed by atoms with E-state index in [1.807, 2.05) is 31.2 Å². The first-order chi connectivity index (χ1) is 12.5. The van der Waals surface area contributed by atoms with Crippen molar-refractivity contribution in [2.45, 2.75) is 19.5 Å². The molecule has 1 amide bonds. The topological polar surface area (TPSA) is 35.6 Å². The number of halogens is 2. The van der Waals surface area contributed by atoms with Gasteiger partial charge in [-0.25, -0.2) is 4.39 Å². The number of benzene rings is 2. The number of para-hydroxylation sites is 1. The molecule has 1 saturated heterocycles. The van der Waals surface area contributed by atoms with Crippen molar-refractivity contribution in [1.29, 1.82) is 0 Å². The van der Waals surface area contributed by atoms with Crippen LogP contribution in [0.1, 0.15) is 12.5 Å². The molecule has 4 nitrogen and oxygen atoms in total. The predicted octanol–water partition coefficient (Wildman–Crippen LogP) is 3.62. The second kappa shape index (κ2) is 8.62. The molecule has 0 radical (unpaired) electrons. The molecular weight excluding hydrogens is 353 g/mol. The van der Waals surface area contributed by atoms with Gasteiger partial charge in [0.15, 0.2) is 0 Å². The second-order valence-corrected chi connectivity index (χ2v) is 7.02. The highest BCUT2D eigenvalue weighted by atomic mass is 35.5. The summed E-state index contributed by atoms with van der Waals surface area (Å²) in [4.78, 5) is 16.9. The lowest BCUT2D eigenvalue weighted by Gasteiger charge is -2.37. The van der Waals surface area contributed by atoms with Gasteiger partial charge in [-0.2, -0.15) is 0 Å². The predicted molar refractivity (Wildman–Crippen MR) is 103 cm³/mol. The fourth-order valence-electron chi connectivity index (χ4n) is 3.12. The summed E-state index contributed by atoms with van der Waals surface area (Å²) in [7, 11) is 0. The first-order valence-corrected chi connectivity index (χ1v) is 9.17. The van der Waals surface area contributed by atoms with E-state index < -0.39 is 5.82 Å². The standard InChI is InChI=1S/C20H23ClFN3O/c1-15(20(26)23-19-5-3-2-4-18(19)22)25-12-10-24(11-13-25)14-16-6-8-17(21)9-7-16/h2-9,15H,10-14H2,1H3,(H,23,26)/t15-/m0/s1. The molecule has 138 valence electrons. The molecular formula is C20H23ClFN3O. The van der Waals surface area contributed by atoms with Crippen LogP contribution in [0.3, 0.4) is 0 Å². The lowest BCUT2D eigenvalue weighted by molar-refractivity contribution is -0.121. The van der Waals surface area contributed by atoms with Crippen LogP contribution in [-0.4, -0.2) is 47.9 Å². The van der Waals surface area contributed by atoms with Gasteiger partial charge in [0.05, 0.1) is 11.7 Å². The number of anilines is 1. The van der Waals surface area contributed by atoms with Crippen LogP contribution in [0.5, 0.6) is 0 Å². The number of piperazine rings is 1. The molecule has 0 bridgehead atoms. The fourth-order valence-corrected chi connectivity index (χ4v) is 3.25. The molecule has 0 unspecified atom stereocenters. The molecule has 0 aliphatic carbocycles. The average Bonchev–Trinajstić information content (AvgIpc) is 2.65. The van der Waals surface area contributed by atoms with E-state index in [4.69, 9.17) is 11.6 Å². The summed E-state index contributed by atoms with van der Waals surface area (Å²) in [5.74, 6) is -0.595. The average molecular weight is 376 g/mol. The van der Waals surface area contributed by atoms with Gasteiger partial charge in [0, 0.05) is 37.7 Å². The van der Waals surface area contributed by atoms with Crippen LogP contribution in [0, 0.1) is 5.82 Å². The maximum atomic E-state index is 13.7. The van der Waals surface area contributed by atoms with E-state index in [1.54, 1.807) is 18.2 Å². The van der Waals surface area contributed by atoms with E-state index in [-0.39, 0.29) is 17.6 Å². The molecule has 0 saturated carbocycles. The normalized spacial score (nSPS) is 17.0. The van der Waals surface area contributed by atoms with Crippen molar-refractivity contribution in [3.8, 4) is 0 Å². The Bertz CT molecular complexity index is 745. The highest BCUT2D eigenvalue weighted by Gasteiger charge is 2.26. The zero-order valence-electron chi connectivity index (χ0n) is 14.8. The highest BCUT2D eigenvalue weighted by Crippen LogP contribution is 2.16. The molecule has 0 spiro atoms. The Labute approximate surface area is 158 Å². The number of hydrogen-bond donors (Lipinski definition) is 1. The van der Waals surface area contributed by atoms with Crippen LogP contribution >= 0.6 is 11.6 Å². The molecule has 1 N–H and O–H groups in total. The Morgan fingerprint density at radius 2 is 1.77 bits per heavy atom. The zero-order chi connectivity index (χ0) is 18.5. The van der Waals surface area contributed by atoms with E-state index in [9.17, 15) is 9.18 Å². The minimum atomic E-state index is -0.416. The first-order valence-electron chi connectivity index (χ1n) is 8.79. The summed E-state index contributed by atoms with van der Waals surface area (Å²) in [5.41, 5.74) is 1.46. The summed E-state index contributed by atoms with van der Waals surface area (Å²) >= 11 is 5.92. The zero-order valence-corrected chi connectivity index (χ0v) is 15.5. The summed E-state index contributed by atoms with van der Waals surface area (Å²) in [6.45, 7) is 6.13. The largest absolute Gasteiger partial charge is 0.322 e. The third-order valence-electron chi connectivity index (χ3n) is 4.79. The van der Waals surface area contributed by atoms with E-state index in [2.05, 4.69) is 15.1 Å². The van der Waals surface area contributed by atoms with Crippen molar-refractivity contribution in [3.05, 3.63) is 64.9 Å². The van der Waals surface area contributed by atoms with E-state index in [0.717, 1.165) is 37.7 Å². The van der Waals surface area contributed by atoms with Gasteiger partial charge in [0.1, 0.15) is 5.82 Å². The molecule has 0 aromatic heterocycles. The maximum absolute atomic E-state index is 13.7. The van der Waals surface area contributed by atoms with Crippen LogP contribution in [-0.2, 0) is 11.3 Å². The molecule has 3 rings (SSSR count). The molecule has 2 aromatic carbocycles. The van der Waals surface area contributed by atoms with Gasteiger partial charge in [0.25, 0.3) is 0 Å². The van der Waals surface area contributed by atoms with Gasteiger partial charge in [-0.05, 0) is 36.8 Å². The lowest BCUT2D eigenvalue weighted by Crippen LogP contribution is -2.52. The summed E-state index contributed by atoms with van der Waals surface area (Å²) < 4.78 is 13.7. The van der Waals surface area contributed by atoms with Crippen LogP contribution in [0.2, 0.25) is 5.02 Å². The molecule has 1 aliphatic heterocycles. The third-order valence-corrected chi connectivity index (χ3v) is 5.04. The molecule has 1 atom stereocenters. The Balaban J connectivity index is 1.50. The Hall–Kier alpha value is -1.95. The number of rotatable bonds is 5. The van der Waals surface area contributed by atoms with E-state index >= 15 is 0 Å². The Morgan fingerprint density at radius 1 is 1.12 bits per heavy atom. The van der Waals surface area contributed by atoms with Crippen molar-refractivity contribution in [1.82, 2.24) is 9.80 Å². The monoisotopic (exact) mass is 375 g/mol. The van der Waals surface area contributed by atoms with Gasteiger partial charge in [0.2, 0.25) is 5.91 Å². The first kappa shape index (κ1) is 18.8. The fraction of sp³-hybridized carbons (Fsp3) is 0.350. The number of amides is 1. The summed E-state index contributed by atoms with van der Waals surface area (Å²) in [5, 5.41) is 3.43. The number of hydrogen-bond acceptors (Lipinski definition) is 3. The van der Waals surface area contributed by atoms with Crippen molar-refractivity contribution in [2.75, 3.05) is 31.5 Å². The van der Waals surface area contributed by atoms with Gasteiger partial charge < -0.3 is 5.32 Å². The smallest absolute Gasteiger partial charge is 0.241 e. The molecule has 1 aliphatic rings. The van der Waals surface area contributed by atoms with Gasteiger partial charge in [-0.1, -0.05) is 35.9 Å². The highest BCUT2D eigenvalue weighted by molar-refractivity contribution is 6.30. The van der Waals surface area contributed by atoms with Crippen molar-refractivity contribution >= 4 is 23.2 Å². The Kier molecular flexibility index (Phi) is 6.25. The number of carbonyl (C=O) groups is 1. The molecule has 1 heterocycles. The van der Waals surface area contributed by atoms with Gasteiger partial charge >= 0.3 is 0 Å². The maximum Gasteiger partial charge on any atom is 0.241 e. The minimum Gasteiger partial charge on any atom is -0.322 e. The third kappa shape index (κ3) is 4.81. The number of nitrogens with zero attached hydrogens (tertiary/aromatic N) is 2. The van der Waals surface area contributed by atoms with E-state index in [0.29, 0.717) is 0 Å². The van der Waals surface area contributed by atoms with Crippen LogP contribution in [0.4, 0.5) is 10.1 Å². The van der Waals surface area contributed by atoms with Gasteiger partial charge in [-0.15, -0.1) is 0 Å². The molecule has 26 heavy (non-hydrogen) atoms. The van der Waals surface area contributed by atoms with Crippen LogP contribution in [0.15, 0.2) is 48.5 Å². The van der Waals surface area contributed by atoms with Crippen LogP contribution in [0.25, 0.3) is 0 Å². The van der Waals surface area contributed by atoms with E-state index in [1.165, 1.54) is 11.6 Å².